The SMILES string of the molecule is CCC1(CNc2nccn3c(C)nnc23)CC1. The summed E-state index contributed by atoms with van der Waals surface area (Å²) in [5, 5.41) is 11.6. The van der Waals surface area contributed by atoms with Gasteiger partial charge in [0.15, 0.2) is 5.82 Å². The first-order valence-electron chi connectivity index (χ1n) is 6.14. The number of fused-ring (bicyclic) bond motifs is 1. The van der Waals surface area contributed by atoms with Gasteiger partial charge in [0.2, 0.25) is 5.65 Å². The molecule has 1 fully saturated rings. The van der Waals surface area contributed by atoms with Crippen LogP contribution < -0.4 is 5.32 Å². The third-order valence-corrected chi connectivity index (χ3v) is 3.84. The van der Waals surface area contributed by atoms with Gasteiger partial charge in [-0.25, -0.2) is 4.98 Å². The number of hydrogen-bond donors (Lipinski definition) is 1. The normalized spacial score (nSPS) is 17.3. The van der Waals surface area contributed by atoms with Crippen molar-refractivity contribution in [3.05, 3.63) is 18.2 Å². The van der Waals surface area contributed by atoms with Crippen LogP contribution in [0.4, 0.5) is 5.82 Å². The smallest absolute Gasteiger partial charge is 0.203 e. The van der Waals surface area contributed by atoms with Crippen molar-refractivity contribution in [3.8, 4) is 0 Å². The number of anilines is 1. The van der Waals surface area contributed by atoms with Crippen LogP contribution in [-0.4, -0.2) is 26.1 Å². The van der Waals surface area contributed by atoms with Crippen molar-refractivity contribution in [1.29, 1.82) is 0 Å². The zero-order valence-corrected chi connectivity index (χ0v) is 10.3. The Morgan fingerprint density at radius 2 is 2.24 bits per heavy atom. The summed E-state index contributed by atoms with van der Waals surface area (Å²) in [6.45, 7) is 5.18. The maximum Gasteiger partial charge on any atom is 0.203 e. The van der Waals surface area contributed by atoms with Crippen LogP contribution >= 0.6 is 0 Å². The minimum atomic E-state index is 0.504. The first-order valence-corrected chi connectivity index (χ1v) is 6.14. The molecule has 0 aromatic carbocycles. The van der Waals surface area contributed by atoms with Gasteiger partial charge in [-0.15, -0.1) is 10.2 Å². The molecule has 0 atom stereocenters. The predicted octanol–water partition coefficient (Wildman–Crippen LogP) is 2.03. The first-order chi connectivity index (χ1) is 8.24. The summed E-state index contributed by atoms with van der Waals surface area (Å²) >= 11 is 0. The lowest BCUT2D eigenvalue weighted by molar-refractivity contribution is 0.521. The third-order valence-electron chi connectivity index (χ3n) is 3.84. The summed E-state index contributed by atoms with van der Waals surface area (Å²) in [6.07, 6.45) is 7.56. The Bertz CT molecular complexity index is 541. The van der Waals surface area contributed by atoms with E-state index in [1.165, 1.54) is 19.3 Å². The second kappa shape index (κ2) is 3.68. The van der Waals surface area contributed by atoms with E-state index in [9.17, 15) is 0 Å². The Labute approximate surface area is 100 Å². The van der Waals surface area contributed by atoms with Crippen LogP contribution in [0.1, 0.15) is 32.0 Å². The highest BCUT2D eigenvalue weighted by Crippen LogP contribution is 2.48. The summed E-state index contributed by atoms with van der Waals surface area (Å²) in [4.78, 5) is 4.35. The number of aromatic nitrogens is 4. The Hall–Kier alpha value is -1.65. The summed E-state index contributed by atoms with van der Waals surface area (Å²) < 4.78 is 1.96. The Morgan fingerprint density at radius 3 is 2.94 bits per heavy atom. The van der Waals surface area contributed by atoms with E-state index in [4.69, 9.17) is 0 Å². The maximum absolute atomic E-state index is 4.35. The molecule has 1 saturated carbocycles. The monoisotopic (exact) mass is 231 g/mol. The zero-order chi connectivity index (χ0) is 11.9. The van der Waals surface area contributed by atoms with Gasteiger partial charge in [0.1, 0.15) is 5.82 Å². The molecule has 2 aromatic rings. The van der Waals surface area contributed by atoms with Crippen LogP contribution in [0.25, 0.3) is 5.65 Å². The summed E-state index contributed by atoms with van der Waals surface area (Å²) in [5.74, 6) is 1.73. The molecule has 1 aliphatic carbocycles. The molecule has 17 heavy (non-hydrogen) atoms. The van der Waals surface area contributed by atoms with Crippen LogP contribution in [0.2, 0.25) is 0 Å². The van der Waals surface area contributed by atoms with E-state index < -0.39 is 0 Å². The number of hydrogen-bond acceptors (Lipinski definition) is 4. The Morgan fingerprint density at radius 1 is 1.41 bits per heavy atom. The molecule has 3 rings (SSSR count). The number of aryl methyl sites for hydroxylation is 1. The lowest BCUT2D eigenvalue weighted by Crippen LogP contribution is -2.15. The molecular formula is C12H17N5. The summed E-state index contributed by atoms with van der Waals surface area (Å²) in [6, 6.07) is 0. The average molecular weight is 231 g/mol. The van der Waals surface area contributed by atoms with Gasteiger partial charge in [0, 0.05) is 18.9 Å². The number of rotatable bonds is 4. The first kappa shape index (κ1) is 10.5. The van der Waals surface area contributed by atoms with Gasteiger partial charge in [-0.3, -0.25) is 4.40 Å². The zero-order valence-electron chi connectivity index (χ0n) is 10.3. The molecule has 2 aromatic heterocycles. The summed E-state index contributed by atoms with van der Waals surface area (Å²) in [7, 11) is 0. The fraction of sp³-hybridized carbons (Fsp3) is 0.583. The van der Waals surface area contributed by atoms with Gasteiger partial charge >= 0.3 is 0 Å². The van der Waals surface area contributed by atoms with E-state index in [0.29, 0.717) is 5.41 Å². The van der Waals surface area contributed by atoms with Crippen LogP contribution in [-0.2, 0) is 0 Å². The molecule has 1 N–H and O–H groups in total. The van der Waals surface area contributed by atoms with Gasteiger partial charge < -0.3 is 5.32 Å². The van der Waals surface area contributed by atoms with Crippen LogP contribution in [0.5, 0.6) is 0 Å². The fourth-order valence-electron chi connectivity index (χ4n) is 2.17. The molecule has 0 amide bonds. The molecule has 0 saturated heterocycles. The van der Waals surface area contributed by atoms with Crippen molar-refractivity contribution in [1.82, 2.24) is 19.6 Å². The maximum atomic E-state index is 4.35. The van der Waals surface area contributed by atoms with E-state index in [1.54, 1.807) is 6.20 Å². The quantitative estimate of drug-likeness (QED) is 0.874. The molecule has 0 radical (unpaired) electrons. The minimum absolute atomic E-state index is 0.504. The number of nitrogens with zero attached hydrogens (tertiary/aromatic N) is 4. The van der Waals surface area contributed by atoms with Crippen molar-refractivity contribution < 1.29 is 0 Å². The largest absolute Gasteiger partial charge is 0.366 e. The third kappa shape index (κ3) is 1.75. The van der Waals surface area contributed by atoms with Crippen molar-refractivity contribution in [2.45, 2.75) is 33.1 Å². The second-order valence-electron chi connectivity index (χ2n) is 4.92. The van der Waals surface area contributed by atoms with Gasteiger partial charge in [-0.1, -0.05) is 6.92 Å². The molecular weight excluding hydrogens is 214 g/mol. The molecule has 5 heteroatoms. The molecule has 0 spiro atoms. The van der Waals surface area contributed by atoms with Crippen molar-refractivity contribution in [2.75, 3.05) is 11.9 Å². The lowest BCUT2D eigenvalue weighted by atomic mass is 10.0. The highest BCUT2D eigenvalue weighted by molar-refractivity contribution is 5.62. The second-order valence-corrected chi connectivity index (χ2v) is 4.92. The van der Waals surface area contributed by atoms with Gasteiger partial charge in [-0.2, -0.15) is 0 Å². The Kier molecular flexibility index (Phi) is 2.28. The lowest BCUT2D eigenvalue weighted by Gasteiger charge is -2.13. The fourth-order valence-corrected chi connectivity index (χ4v) is 2.17. The van der Waals surface area contributed by atoms with Crippen molar-refractivity contribution in [2.24, 2.45) is 5.41 Å². The molecule has 90 valence electrons. The minimum Gasteiger partial charge on any atom is -0.366 e. The van der Waals surface area contributed by atoms with Gasteiger partial charge in [0.05, 0.1) is 0 Å². The highest BCUT2D eigenvalue weighted by atomic mass is 15.3. The molecule has 0 unspecified atom stereocenters. The summed E-state index contributed by atoms with van der Waals surface area (Å²) in [5.41, 5.74) is 1.32. The Balaban J connectivity index is 1.85. The molecule has 1 aliphatic rings. The van der Waals surface area contributed by atoms with Gasteiger partial charge in [-0.05, 0) is 31.6 Å². The highest BCUT2D eigenvalue weighted by Gasteiger charge is 2.40. The molecule has 0 aliphatic heterocycles. The van der Waals surface area contributed by atoms with Crippen molar-refractivity contribution in [3.63, 3.8) is 0 Å². The van der Waals surface area contributed by atoms with E-state index >= 15 is 0 Å². The average Bonchev–Trinajstić information content (AvgIpc) is 3.05. The number of nitrogens with one attached hydrogen (secondary N) is 1. The molecule has 2 heterocycles. The van der Waals surface area contributed by atoms with E-state index in [0.717, 1.165) is 23.8 Å². The van der Waals surface area contributed by atoms with Gasteiger partial charge in [0.25, 0.3) is 0 Å². The van der Waals surface area contributed by atoms with Crippen LogP contribution in [0, 0.1) is 12.3 Å². The molecule has 0 bridgehead atoms. The topological polar surface area (TPSA) is 55.1 Å². The van der Waals surface area contributed by atoms with E-state index in [-0.39, 0.29) is 0 Å². The molecule has 5 nitrogen and oxygen atoms in total. The van der Waals surface area contributed by atoms with Crippen molar-refractivity contribution >= 4 is 11.5 Å². The predicted molar refractivity (Wildman–Crippen MR) is 66.0 cm³/mol. The van der Waals surface area contributed by atoms with E-state index in [1.807, 2.05) is 17.5 Å². The van der Waals surface area contributed by atoms with Crippen LogP contribution in [0.15, 0.2) is 12.4 Å². The van der Waals surface area contributed by atoms with E-state index in [2.05, 4.69) is 27.4 Å². The standard InChI is InChI=1S/C12H17N5/c1-3-12(4-5-12)8-14-10-11-16-15-9(2)17(11)7-6-13-10/h6-7H,3-5,8H2,1-2H3,(H,13,14). The van der Waals surface area contributed by atoms with Crippen LogP contribution in [0.3, 0.4) is 0 Å².